The van der Waals surface area contributed by atoms with Gasteiger partial charge in [-0.3, -0.25) is 24.5 Å². The van der Waals surface area contributed by atoms with E-state index in [0.29, 0.717) is 12.1 Å². The number of carbonyl (C=O) groups excluding carboxylic acids is 3. The van der Waals surface area contributed by atoms with Crippen LogP contribution < -0.4 is 11.1 Å². The number of nitrogens with one attached hydrogen (secondary N) is 1. The summed E-state index contributed by atoms with van der Waals surface area (Å²) in [7, 11) is 0. The standard InChI is InChI=1S/C22H22F3N3O7/c1-2-35-17(29)11-16(12-5-9-15(10-6-12)28(33)34)18(20(26)31)27-21(32)19(30)13-3-7-14(8-4-13)22(23,24)25/h3-10,16,18-19,30H,2,11H2,1H3,(H2,26,31)(H,27,32)/t16-,18+,19-/m1/s1. The van der Waals surface area contributed by atoms with Crippen molar-refractivity contribution in [2.24, 2.45) is 5.73 Å². The lowest BCUT2D eigenvalue weighted by atomic mass is 9.87. The van der Waals surface area contributed by atoms with Gasteiger partial charge in [0.1, 0.15) is 6.04 Å². The van der Waals surface area contributed by atoms with E-state index in [-0.39, 0.29) is 23.4 Å². The number of benzene rings is 2. The molecule has 0 unspecified atom stereocenters. The van der Waals surface area contributed by atoms with E-state index >= 15 is 0 Å². The van der Waals surface area contributed by atoms with Gasteiger partial charge in [0.15, 0.2) is 6.10 Å². The minimum atomic E-state index is -4.62. The number of aliphatic hydroxyl groups excluding tert-OH is 1. The lowest BCUT2D eigenvalue weighted by Crippen LogP contribution is -2.50. The Hall–Kier alpha value is -4.00. The van der Waals surface area contributed by atoms with Crippen LogP contribution in [0.25, 0.3) is 0 Å². The molecule has 0 aliphatic rings. The van der Waals surface area contributed by atoms with Gasteiger partial charge < -0.3 is 20.9 Å². The normalized spacial score (nSPS) is 13.9. The zero-order valence-corrected chi connectivity index (χ0v) is 18.3. The summed E-state index contributed by atoms with van der Waals surface area (Å²) in [5.41, 5.74) is 4.23. The van der Waals surface area contributed by atoms with Gasteiger partial charge in [-0.25, -0.2) is 0 Å². The van der Waals surface area contributed by atoms with E-state index in [0.717, 1.165) is 24.3 Å². The largest absolute Gasteiger partial charge is 0.466 e. The van der Waals surface area contributed by atoms with Gasteiger partial charge in [-0.1, -0.05) is 24.3 Å². The van der Waals surface area contributed by atoms with Crippen molar-refractivity contribution in [3.63, 3.8) is 0 Å². The van der Waals surface area contributed by atoms with Crippen LogP contribution in [0.2, 0.25) is 0 Å². The van der Waals surface area contributed by atoms with E-state index in [4.69, 9.17) is 10.5 Å². The Labute approximate surface area is 197 Å². The number of hydrogen-bond donors (Lipinski definition) is 3. The Kier molecular flexibility index (Phi) is 8.89. The number of rotatable bonds is 10. The van der Waals surface area contributed by atoms with Crippen LogP contribution in [-0.2, 0) is 25.3 Å². The summed E-state index contributed by atoms with van der Waals surface area (Å²) in [6, 6.07) is 6.40. The first-order chi connectivity index (χ1) is 16.3. The van der Waals surface area contributed by atoms with Crippen LogP contribution in [-0.4, -0.2) is 40.5 Å². The molecule has 0 spiro atoms. The number of carbonyl (C=O) groups is 3. The van der Waals surface area contributed by atoms with Crippen molar-refractivity contribution in [1.82, 2.24) is 5.32 Å². The highest BCUT2D eigenvalue weighted by Crippen LogP contribution is 2.30. The Morgan fingerprint density at radius 1 is 1.09 bits per heavy atom. The van der Waals surface area contributed by atoms with Crippen LogP contribution >= 0.6 is 0 Å². The molecule has 35 heavy (non-hydrogen) atoms. The first-order valence-electron chi connectivity index (χ1n) is 10.2. The molecule has 0 fully saturated rings. The Balaban J connectivity index is 2.33. The maximum Gasteiger partial charge on any atom is 0.416 e. The number of halogens is 3. The number of nitro groups is 1. The molecule has 10 nitrogen and oxygen atoms in total. The number of nitrogens with zero attached hydrogens (tertiary/aromatic N) is 1. The molecule has 13 heteroatoms. The minimum absolute atomic E-state index is 0.0199. The fourth-order valence-electron chi connectivity index (χ4n) is 3.28. The lowest BCUT2D eigenvalue weighted by molar-refractivity contribution is -0.384. The summed E-state index contributed by atoms with van der Waals surface area (Å²) >= 11 is 0. The molecule has 4 N–H and O–H groups in total. The van der Waals surface area contributed by atoms with Crippen LogP contribution in [0.4, 0.5) is 18.9 Å². The van der Waals surface area contributed by atoms with Gasteiger partial charge in [0.05, 0.1) is 23.5 Å². The molecule has 0 radical (unpaired) electrons. The summed E-state index contributed by atoms with van der Waals surface area (Å²) in [5, 5.41) is 23.5. The molecule has 2 rings (SSSR count). The maximum absolute atomic E-state index is 12.8. The van der Waals surface area contributed by atoms with Crippen LogP contribution in [0.3, 0.4) is 0 Å². The molecule has 0 aliphatic heterocycles. The quantitative estimate of drug-likeness (QED) is 0.258. The van der Waals surface area contributed by atoms with Crippen LogP contribution in [0, 0.1) is 10.1 Å². The van der Waals surface area contributed by atoms with Crippen molar-refractivity contribution >= 4 is 23.5 Å². The molecular formula is C22H22F3N3O7. The fourth-order valence-corrected chi connectivity index (χ4v) is 3.28. The molecule has 0 saturated heterocycles. The summed E-state index contributed by atoms with van der Waals surface area (Å²) in [5.74, 6) is -4.13. The van der Waals surface area contributed by atoms with Gasteiger partial charge >= 0.3 is 12.1 Å². The molecule has 0 aliphatic carbocycles. The highest BCUT2D eigenvalue weighted by Gasteiger charge is 2.34. The smallest absolute Gasteiger partial charge is 0.416 e. The van der Waals surface area contributed by atoms with E-state index in [1.165, 1.54) is 12.1 Å². The number of amides is 2. The van der Waals surface area contributed by atoms with E-state index in [2.05, 4.69) is 5.32 Å². The molecule has 188 valence electrons. The average molecular weight is 497 g/mol. The predicted molar refractivity (Wildman–Crippen MR) is 115 cm³/mol. The number of ether oxygens (including phenoxy) is 1. The number of nitro benzene ring substituents is 1. The van der Waals surface area contributed by atoms with Crippen molar-refractivity contribution in [3.8, 4) is 0 Å². The average Bonchev–Trinajstić information content (AvgIpc) is 2.80. The number of esters is 1. The van der Waals surface area contributed by atoms with E-state index in [1.807, 2.05) is 0 Å². The number of hydrogen-bond acceptors (Lipinski definition) is 7. The number of nitrogens with two attached hydrogens (primary N) is 1. The Bertz CT molecular complexity index is 1070. The van der Waals surface area contributed by atoms with E-state index < -0.39 is 58.9 Å². The van der Waals surface area contributed by atoms with Crippen molar-refractivity contribution in [2.75, 3.05) is 6.61 Å². The lowest BCUT2D eigenvalue weighted by Gasteiger charge is -2.26. The number of aliphatic hydroxyl groups is 1. The Morgan fingerprint density at radius 3 is 2.09 bits per heavy atom. The molecule has 3 atom stereocenters. The molecule has 2 amide bonds. The van der Waals surface area contributed by atoms with Crippen molar-refractivity contribution < 1.29 is 42.3 Å². The summed E-state index contributed by atoms with van der Waals surface area (Å²) in [6.45, 7) is 1.57. The molecule has 0 bridgehead atoms. The van der Waals surface area contributed by atoms with Crippen molar-refractivity contribution in [1.29, 1.82) is 0 Å². The first-order valence-corrected chi connectivity index (χ1v) is 10.2. The molecule has 2 aromatic rings. The van der Waals surface area contributed by atoms with Crippen molar-refractivity contribution in [3.05, 3.63) is 75.3 Å². The molecule has 0 aromatic heterocycles. The van der Waals surface area contributed by atoms with Gasteiger partial charge in [-0.05, 0) is 30.2 Å². The summed E-state index contributed by atoms with van der Waals surface area (Å²) < 4.78 is 43.1. The van der Waals surface area contributed by atoms with Crippen LogP contribution in [0.15, 0.2) is 48.5 Å². The van der Waals surface area contributed by atoms with Gasteiger partial charge in [0.25, 0.3) is 11.6 Å². The van der Waals surface area contributed by atoms with E-state index in [1.54, 1.807) is 6.92 Å². The van der Waals surface area contributed by atoms with Crippen LogP contribution in [0.5, 0.6) is 0 Å². The predicted octanol–water partition coefficient (Wildman–Crippen LogP) is 2.35. The third-order valence-corrected chi connectivity index (χ3v) is 5.03. The highest BCUT2D eigenvalue weighted by atomic mass is 19.4. The zero-order chi connectivity index (χ0) is 26.3. The Morgan fingerprint density at radius 2 is 1.63 bits per heavy atom. The highest BCUT2D eigenvalue weighted by molar-refractivity contribution is 5.90. The number of non-ortho nitro benzene ring substituents is 1. The summed E-state index contributed by atoms with van der Waals surface area (Å²) in [4.78, 5) is 47.3. The molecule has 0 heterocycles. The summed E-state index contributed by atoms with van der Waals surface area (Å²) in [6.07, 6.45) is -7.02. The van der Waals surface area contributed by atoms with Gasteiger partial charge in [-0.15, -0.1) is 0 Å². The van der Waals surface area contributed by atoms with Crippen molar-refractivity contribution in [2.45, 2.75) is 37.6 Å². The van der Waals surface area contributed by atoms with Gasteiger partial charge in [0.2, 0.25) is 5.91 Å². The second-order valence-corrected chi connectivity index (χ2v) is 7.38. The van der Waals surface area contributed by atoms with Gasteiger partial charge in [-0.2, -0.15) is 13.2 Å². The van der Waals surface area contributed by atoms with Gasteiger partial charge in [0, 0.05) is 18.1 Å². The third-order valence-electron chi connectivity index (χ3n) is 5.03. The maximum atomic E-state index is 12.8. The topological polar surface area (TPSA) is 162 Å². The monoisotopic (exact) mass is 497 g/mol. The molecule has 2 aromatic carbocycles. The number of primary amides is 1. The molecular weight excluding hydrogens is 475 g/mol. The number of alkyl halides is 3. The fraction of sp³-hybridized carbons (Fsp3) is 0.318. The minimum Gasteiger partial charge on any atom is -0.466 e. The van der Waals surface area contributed by atoms with E-state index in [9.17, 15) is 42.8 Å². The first kappa shape index (κ1) is 27.2. The van der Waals surface area contributed by atoms with Crippen LogP contribution in [0.1, 0.15) is 42.1 Å². The third kappa shape index (κ3) is 7.24. The SMILES string of the molecule is CCOC(=O)C[C@H](c1ccc([N+](=O)[O-])cc1)[C@H](NC(=O)[C@H](O)c1ccc(C(F)(F)F)cc1)C(N)=O. The zero-order valence-electron chi connectivity index (χ0n) is 18.3. The second kappa shape index (κ2) is 11.4. The molecule has 0 saturated carbocycles. The second-order valence-electron chi connectivity index (χ2n) is 7.38.